The van der Waals surface area contributed by atoms with E-state index >= 15 is 0 Å². The fourth-order valence-corrected chi connectivity index (χ4v) is 2.64. The average molecular weight is 309 g/mol. The van der Waals surface area contributed by atoms with Crippen molar-refractivity contribution in [2.45, 2.75) is 13.3 Å². The third-order valence-corrected chi connectivity index (χ3v) is 3.87. The van der Waals surface area contributed by atoms with Crippen LogP contribution >= 0.6 is 22.9 Å². The predicted molar refractivity (Wildman–Crippen MR) is 80.0 cm³/mol. The summed E-state index contributed by atoms with van der Waals surface area (Å²) in [4.78, 5) is 23.4. The summed E-state index contributed by atoms with van der Waals surface area (Å²) < 4.78 is 6.01. The number of rotatable bonds is 6. The predicted octanol–water partition coefficient (Wildman–Crippen LogP) is 3.79. The van der Waals surface area contributed by atoms with E-state index in [4.69, 9.17) is 16.3 Å². The molecule has 1 heterocycles. The van der Waals surface area contributed by atoms with Crippen LogP contribution in [0, 0.1) is 0 Å². The van der Waals surface area contributed by atoms with E-state index in [1.807, 2.05) is 12.1 Å². The van der Waals surface area contributed by atoms with Gasteiger partial charge >= 0.3 is 0 Å². The Morgan fingerprint density at radius 2 is 1.85 bits per heavy atom. The molecule has 104 valence electrons. The van der Waals surface area contributed by atoms with Crippen LogP contribution in [-0.2, 0) is 11.2 Å². The largest absolute Gasteiger partial charge is 0.485 e. The molecule has 0 aliphatic carbocycles. The first-order valence-electron chi connectivity index (χ1n) is 6.04. The maximum absolute atomic E-state index is 11.8. The Balaban J connectivity index is 1.90. The van der Waals surface area contributed by atoms with Gasteiger partial charge in [0.25, 0.3) is 0 Å². The van der Waals surface area contributed by atoms with Crippen molar-refractivity contribution in [3.05, 3.63) is 51.2 Å². The monoisotopic (exact) mass is 308 g/mol. The number of carbonyl (C=O) groups excluding carboxylic acids is 2. The minimum absolute atomic E-state index is 0.0249. The smallest absolute Gasteiger partial charge is 0.210 e. The van der Waals surface area contributed by atoms with E-state index < -0.39 is 0 Å². The zero-order chi connectivity index (χ0) is 14.5. The normalized spacial score (nSPS) is 10.3. The van der Waals surface area contributed by atoms with Crippen molar-refractivity contribution in [3.63, 3.8) is 0 Å². The summed E-state index contributed by atoms with van der Waals surface area (Å²) in [6, 6.07) is 10.5. The summed E-state index contributed by atoms with van der Waals surface area (Å²) >= 11 is 7.02. The van der Waals surface area contributed by atoms with Gasteiger partial charge in [0.15, 0.2) is 6.61 Å². The Bertz CT molecular complexity index is 616. The molecule has 20 heavy (non-hydrogen) atoms. The minimum atomic E-state index is -0.102. The first-order valence-corrected chi connectivity index (χ1v) is 7.24. The quantitative estimate of drug-likeness (QED) is 0.762. The van der Waals surface area contributed by atoms with Crippen LogP contribution in [0.1, 0.15) is 22.2 Å². The molecule has 0 radical (unpaired) electrons. The molecule has 1 aromatic carbocycles. The van der Waals surface area contributed by atoms with Crippen molar-refractivity contribution in [2.75, 3.05) is 6.61 Å². The SMILES string of the molecule is CC(=O)Cc1ccc(OCC(=O)c2ccc(Cl)s2)cc1. The van der Waals surface area contributed by atoms with Gasteiger partial charge in [-0.05, 0) is 36.8 Å². The van der Waals surface area contributed by atoms with E-state index in [0.717, 1.165) is 5.56 Å². The first kappa shape index (κ1) is 14.8. The Morgan fingerprint density at radius 1 is 1.15 bits per heavy atom. The third kappa shape index (κ3) is 4.18. The molecule has 2 rings (SSSR count). The molecule has 0 N–H and O–H groups in total. The number of carbonyl (C=O) groups is 2. The molecule has 0 unspecified atom stereocenters. The number of benzene rings is 1. The number of hydrogen-bond donors (Lipinski definition) is 0. The number of thiophene rings is 1. The van der Waals surface area contributed by atoms with Gasteiger partial charge in [0.2, 0.25) is 5.78 Å². The van der Waals surface area contributed by atoms with Crippen LogP contribution < -0.4 is 4.74 Å². The van der Waals surface area contributed by atoms with Crippen LogP contribution in [0.3, 0.4) is 0 Å². The third-order valence-electron chi connectivity index (χ3n) is 2.59. The highest BCUT2D eigenvalue weighted by Crippen LogP contribution is 2.22. The highest BCUT2D eigenvalue weighted by molar-refractivity contribution is 7.18. The fourth-order valence-electron chi connectivity index (χ4n) is 1.68. The summed E-state index contributed by atoms with van der Waals surface area (Å²) in [6.07, 6.45) is 0.410. The van der Waals surface area contributed by atoms with E-state index in [1.54, 1.807) is 31.2 Å². The van der Waals surface area contributed by atoms with Gasteiger partial charge in [-0.3, -0.25) is 9.59 Å². The van der Waals surface area contributed by atoms with Gasteiger partial charge in [0, 0.05) is 6.42 Å². The molecular formula is C15H13ClO3S. The molecule has 0 bridgehead atoms. The second kappa shape index (κ2) is 6.68. The zero-order valence-corrected chi connectivity index (χ0v) is 12.5. The Hall–Kier alpha value is -1.65. The standard InChI is InChI=1S/C15H13ClO3S/c1-10(17)8-11-2-4-12(5-3-11)19-9-13(18)14-6-7-15(16)20-14/h2-7H,8-9H2,1H3. The summed E-state index contributed by atoms with van der Waals surface area (Å²) in [5, 5.41) is 0. The second-order valence-electron chi connectivity index (χ2n) is 4.34. The Morgan fingerprint density at radius 3 is 2.40 bits per heavy atom. The van der Waals surface area contributed by atoms with Crippen molar-refractivity contribution >= 4 is 34.5 Å². The zero-order valence-electron chi connectivity index (χ0n) is 10.9. The molecule has 3 nitrogen and oxygen atoms in total. The first-order chi connectivity index (χ1) is 9.54. The average Bonchev–Trinajstić information content (AvgIpc) is 2.84. The van der Waals surface area contributed by atoms with E-state index in [-0.39, 0.29) is 18.2 Å². The molecule has 1 aromatic heterocycles. The van der Waals surface area contributed by atoms with Crippen molar-refractivity contribution in [3.8, 4) is 5.75 Å². The molecule has 0 aliphatic heterocycles. The molecule has 2 aromatic rings. The van der Waals surface area contributed by atoms with Crippen LogP contribution in [0.5, 0.6) is 5.75 Å². The van der Waals surface area contributed by atoms with Gasteiger partial charge in [-0.15, -0.1) is 11.3 Å². The number of halogens is 1. The highest BCUT2D eigenvalue weighted by atomic mass is 35.5. The number of hydrogen-bond acceptors (Lipinski definition) is 4. The summed E-state index contributed by atoms with van der Waals surface area (Å²) in [5.74, 6) is 0.617. The van der Waals surface area contributed by atoms with Crippen LogP contribution in [0.2, 0.25) is 4.34 Å². The molecule has 0 saturated heterocycles. The summed E-state index contributed by atoms with van der Waals surface area (Å²) in [7, 11) is 0. The lowest BCUT2D eigenvalue weighted by Crippen LogP contribution is -2.10. The molecule has 5 heteroatoms. The molecule has 0 spiro atoms. The van der Waals surface area contributed by atoms with Crippen molar-refractivity contribution in [1.29, 1.82) is 0 Å². The molecular weight excluding hydrogens is 296 g/mol. The topological polar surface area (TPSA) is 43.4 Å². The van der Waals surface area contributed by atoms with Gasteiger partial charge in [0.1, 0.15) is 11.5 Å². The highest BCUT2D eigenvalue weighted by Gasteiger charge is 2.09. The van der Waals surface area contributed by atoms with Gasteiger partial charge in [-0.25, -0.2) is 0 Å². The van der Waals surface area contributed by atoms with Gasteiger partial charge in [-0.1, -0.05) is 23.7 Å². The summed E-state index contributed by atoms with van der Waals surface area (Å²) in [6.45, 7) is 1.53. The van der Waals surface area contributed by atoms with Crippen LogP contribution in [0.15, 0.2) is 36.4 Å². The lowest BCUT2D eigenvalue weighted by atomic mass is 10.1. The van der Waals surface area contributed by atoms with E-state index in [1.165, 1.54) is 11.3 Å². The molecule has 0 atom stereocenters. The van der Waals surface area contributed by atoms with Crippen LogP contribution in [-0.4, -0.2) is 18.2 Å². The van der Waals surface area contributed by atoms with E-state index in [9.17, 15) is 9.59 Å². The molecule has 0 amide bonds. The van der Waals surface area contributed by atoms with Gasteiger partial charge < -0.3 is 4.74 Å². The molecule has 0 saturated carbocycles. The maximum atomic E-state index is 11.8. The number of ether oxygens (including phenoxy) is 1. The summed E-state index contributed by atoms with van der Waals surface area (Å²) in [5.41, 5.74) is 0.932. The second-order valence-corrected chi connectivity index (χ2v) is 6.05. The van der Waals surface area contributed by atoms with Crippen LogP contribution in [0.25, 0.3) is 0 Å². The fraction of sp³-hybridized carbons (Fsp3) is 0.200. The maximum Gasteiger partial charge on any atom is 0.210 e. The van der Waals surface area contributed by atoms with Gasteiger partial charge in [0.05, 0.1) is 9.21 Å². The Kier molecular flexibility index (Phi) is 4.93. The van der Waals surface area contributed by atoms with Crippen molar-refractivity contribution in [2.24, 2.45) is 0 Å². The Labute approximate surface area is 126 Å². The van der Waals surface area contributed by atoms with E-state index in [0.29, 0.717) is 21.4 Å². The lowest BCUT2D eigenvalue weighted by Gasteiger charge is -2.05. The van der Waals surface area contributed by atoms with Gasteiger partial charge in [-0.2, -0.15) is 0 Å². The van der Waals surface area contributed by atoms with E-state index in [2.05, 4.69) is 0 Å². The van der Waals surface area contributed by atoms with Crippen molar-refractivity contribution in [1.82, 2.24) is 0 Å². The molecule has 0 fully saturated rings. The molecule has 0 aliphatic rings. The van der Waals surface area contributed by atoms with Crippen LogP contribution in [0.4, 0.5) is 0 Å². The number of ketones is 2. The number of Topliss-reactive ketones (excluding diaryl/α,β-unsaturated/α-hetero) is 2. The minimum Gasteiger partial charge on any atom is -0.485 e. The van der Waals surface area contributed by atoms with Crippen molar-refractivity contribution < 1.29 is 14.3 Å². The lowest BCUT2D eigenvalue weighted by molar-refractivity contribution is -0.116.